The molecule has 0 fully saturated rings. The van der Waals surface area contributed by atoms with Crippen LogP contribution in [0.4, 0.5) is 0 Å². The summed E-state index contributed by atoms with van der Waals surface area (Å²) in [4.78, 5) is 15.2. The highest BCUT2D eigenvalue weighted by Crippen LogP contribution is 2.43. The van der Waals surface area contributed by atoms with Gasteiger partial charge in [-0.3, -0.25) is 4.57 Å². The Hall–Kier alpha value is -6.59. The summed E-state index contributed by atoms with van der Waals surface area (Å²) in [6.07, 6.45) is 5.64. The van der Waals surface area contributed by atoms with E-state index in [9.17, 15) is 0 Å². The maximum atomic E-state index is 5.11. The quantitative estimate of drug-likeness (QED) is 0.185. The SMILES string of the molecule is CC1(c2ccc3c(c2)c2ccccc2n3-c2nc(-c3ccccc3)nc(-c3ccccc3)n2)C=Cc2c(c3ccccc3n2-c2ccccc2)C1. The summed E-state index contributed by atoms with van der Waals surface area (Å²) in [5.41, 5.74) is 10.2. The fourth-order valence-electron chi connectivity index (χ4n) is 7.87. The van der Waals surface area contributed by atoms with Crippen molar-refractivity contribution in [3.8, 4) is 34.4 Å². The van der Waals surface area contributed by atoms with Gasteiger partial charge in [-0.15, -0.1) is 0 Å². The van der Waals surface area contributed by atoms with Gasteiger partial charge in [0.15, 0.2) is 11.6 Å². The van der Waals surface area contributed by atoms with Crippen molar-refractivity contribution >= 4 is 38.8 Å². The third kappa shape index (κ3) is 4.73. The molecule has 3 heterocycles. The Morgan fingerprint density at radius 2 is 1.06 bits per heavy atom. The summed E-state index contributed by atoms with van der Waals surface area (Å²) in [6, 6.07) is 55.3. The molecule has 51 heavy (non-hydrogen) atoms. The van der Waals surface area contributed by atoms with Gasteiger partial charge in [0.25, 0.3) is 0 Å². The first-order valence-electron chi connectivity index (χ1n) is 17.4. The van der Waals surface area contributed by atoms with E-state index in [0.29, 0.717) is 17.6 Å². The molecule has 0 N–H and O–H groups in total. The Bertz CT molecular complexity index is 2720. The summed E-state index contributed by atoms with van der Waals surface area (Å²) in [5, 5.41) is 3.66. The molecule has 0 spiro atoms. The van der Waals surface area contributed by atoms with E-state index in [1.54, 1.807) is 0 Å². The van der Waals surface area contributed by atoms with Gasteiger partial charge in [0.1, 0.15) is 0 Å². The second-order valence-corrected chi connectivity index (χ2v) is 13.6. The number of aromatic nitrogens is 5. The molecule has 1 unspecified atom stereocenters. The lowest BCUT2D eigenvalue weighted by Crippen LogP contribution is -2.25. The number of hydrogen-bond donors (Lipinski definition) is 0. The monoisotopic (exact) mass is 655 g/mol. The van der Waals surface area contributed by atoms with Gasteiger partial charge in [-0.05, 0) is 60.0 Å². The van der Waals surface area contributed by atoms with Crippen molar-refractivity contribution in [1.82, 2.24) is 24.1 Å². The fourth-order valence-corrected chi connectivity index (χ4v) is 7.87. The Morgan fingerprint density at radius 1 is 0.510 bits per heavy atom. The predicted octanol–water partition coefficient (Wildman–Crippen LogP) is 10.8. The fraction of sp³-hybridized carbons (Fsp3) is 0.0652. The third-order valence-corrected chi connectivity index (χ3v) is 10.4. The van der Waals surface area contributed by atoms with Crippen LogP contribution in [0.15, 0.2) is 164 Å². The smallest absolute Gasteiger partial charge is 0.238 e. The van der Waals surface area contributed by atoms with Gasteiger partial charge in [-0.1, -0.05) is 134 Å². The molecule has 9 aromatic rings. The number of fused-ring (bicyclic) bond motifs is 6. The summed E-state index contributed by atoms with van der Waals surface area (Å²) >= 11 is 0. The first kappa shape index (κ1) is 29.3. The zero-order valence-electron chi connectivity index (χ0n) is 28.1. The molecule has 1 aliphatic rings. The van der Waals surface area contributed by atoms with E-state index in [4.69, 9.17) is 15.0 Å². The van der Waals surface area contributed by atoms with Crippen LogP contribution in [0.5, 0.6) is 0 Å². The molecule has 242 valence electrons. The maximum Gasteiger partial charge on any atom is 0.238 e. The number of allylic oxidation sites excluding steroid dienone is 1. The van der Waals surface area contributed by atoms with Crippen molar-refractivity contribution in [3.05, 3.63) is 181 Å². The molecule has 0 saturated carbocycles. The lowest BCUT2D eigenvalue weighted by molar-refractivity contribution is 0.589. The maximum absolute atomic E-state index is 5.11. The minimum Gasteiger partial charge on any atom is -0.310 e. The lowest BCUT2D eigenvalue weighted by atomic mass is 9.73. The van der Waals surface area contributed by atoms with Crippen LogP contribution in [0.1, 0.15) is 23.7 Å². The van der Waals surface area contributed by atoms with E-state index < -0.39 is 0 Å². The van der Waals surface area contributed by atoms with E-state index in [1.807, 2.05) is 60.7 Å². The van der Waals surface area contributed by atoms with Gasteiger partial charge in [0, 0.05) is 44.1 Å². The van der Waals surface area contributed by atoms with E-state index in [1.165, 1.54) is 44.2 Å². The van der Waals surface area contributed by atoms with E-state index in [-0.39, 0.29) is 5.41 Å². The van der Waals surface area contributed by atoms with E-state index in [0.717, 1.165) is 28.6 Å². The molecule has 0 saturated heterocycles. The predicted molar refractivity (Wildman–Crippen MR) is 208 cm³/mol. The number of rotatable bonds is 5. The molecular formula is C46H33N5. The molecule has 0 aliphatic heterocycles. The van der Waals surface area contributed by atoms with Crippen LogP contribution in [0.3, 0.4) is 0 Å². The first-order chi connectivity index (χ1) is 25.1. The van der Waals surface area contributed by atoms with Crippen LogP contribution in [-0.4, -0.2) is 24.1 Å². The normalized spacial score (nSPS) is 15.5. The van der Waals surface area contributed by atoms with Gasteiger partial charge in [0.2, 0.25) is 5.95 Å². The van der Waals surface area contributed by atoms with Crippen LogP contribution in [-0.2, 0) is 11.8 Å². The standard InChI is InChI=1S/C46H33N5/c1-46(28-27-42-38(30-46)36-22-12-13-23-39(36)50(42)34-19-9-4-10-20-34)33-25-26-41-37(29-33)35-21-11-14-24-40(35)51(41)45-48-43(31-15-5-2-6-16-31)47-44(49-45)32-17-7-3-8-18-32/h2-29H,30H2,1H3. The molecule has 0 radical (unpaired) electrons. The third-order valence-electron chi connectivity index (χ3n) is 10.4. The topological polar surface area (TPSA) is 48.5 Å². The van der Waals surface area contributed by atoms with Crippen LogP contribution in [0.2, 0.25) is 0 Å². The van der Waals surface area contributed by atoms with Crippen molar-refractivity contribution in [2.75, 3.05) is 0 Å². The van der Waals surface area contributed by atoms with Crippen molar-refractivity contribution in [2.45, 2.75) is 18.8 Å². The molecular weight excluding hydrogens is 623 g/mol. The summed E-state index contributed by atoms with van der Waals surface area (Å²) < 4.78 is 4.60. The van der Waals surface area contributed by atoms with Crippen molar-refractivity contribution in [3.63, 3.8) is 0 Å². The van der Waals surface area contributed by atoms with Crippen LogP contribution in [0.25, 0.3) is 73.2 Å². The molecule has 1 aliphatic carbocycles. The summed E-state index contributed by atoms with van der Waals surface area (Å²) in [6.45, 7) is 2.37. The molecule has 3 aromatic heterocycles. The molecule has 0 bridgehead atoms. The van der Waals surface area contributed by atoms with Crippen LogP contribution in [0, 0.1) is 0 Å². The molecule has 5 heteroatoms. The summed E-state index contributed by atoms with van der Waals surface area (Å²) in [5.74, 6) is 1.89. The van der Waals surface area contributed by atoms with Gasteiger partial charge in [-0.25, -0.2) is 4.98 Å². The van der Waals surface area contributed by atoms with Crippen molar-refractivity contribution in [1.29, 1.82) is 0 Å². The second-order valence-electron chi connectivity index (χ2n) is 13.6. The van der Waals surface area contributed by atoms with Crippen LogP contribution >= 0.6 is 0 Å². The highest BCUT2D eigenvalue weighted by Gasteiger charge is 2.32. The van der Waals surface area contributed by atoms with E-state index in [2.05, 4.69) is 125 Å². The Balaban J connectivity index is 1.14. The highest BCUT2D eigenvalue weighted by atomic mass is 15.2. The zero-order chi connectivity index (χ0) is 33.9. The Morgan fingerprint density at radius 3 is 1.73 bits per heavy atom. The van der Waals surface area contributed by atoms with Crippen LogP contribution < -0.4 is 0 Å². The average molecular weight is 656 g/mol. The van der Waals surface area contributed by atoms with Gasteiger partial charge >= 0.3 is 0 Å². The number of benzene rings is 6. The minimum absolute atomic E-state index is 0.204. The molecule has 6 aromatic carbocycles. The highest BCUT2D eigenvalue weighted by molar-refractivity contribution is 6.09. The average Bonchev–Trinajstić information content (AvgIpc) is 3.71. The molecule has 10 rings (SSSR count). The molecule has 5 nitrogen and oxygen atoms in total. The Kier molecular flexibility index (Phi) is 6.61. The van der Waals surface area contributed by atoms with Crippen molar-refractivity contribution < 1.29 is 0 Å². The van der Waals surface area contributed by atoms with Gasteiger partial charge < -0.3 is 4.57 Å². The first-order valence-corrected chi connectivity index (χ1v) is 17.4. The second kappa shape index (κ2) is 11.5. The lowest BCUT2D eigenvalue weighted by Gasteiger charge is -2.30. The molecule has 0 amide bonds. The number of hydrogen-bond acceptors (Lipinski definition) is 3. The minimum atomic E-state index is -0.204. The Labute approximate surface area is 295 Å². The van der Waals surface area contributed by atoms with Gasteiger partial charge in [0.05, 0.1) is 16.6 Å². The largest absolute Gasteiger partial charge is 0.310 e. The number of para-hydroxylation sites is 3. The molecule has 1 atom stereocenters. The summed E-state index contributed by atoms with van der Waals surface area (Å²) in [7, 11) is 0. The van der Waals surface area contributed by atoms with E-state index >= 15 is 0 Å². The van der Waals surface area contributed by atoms with Gasteiger partial charge in [-0.2, -0.15) is 9.97 Å². The number of nitrogens with zero attached hydrogens (tertiary/aromatic N) is 5. The zero-order valence-corrected chi connectivity index (χ0v) is 28.1. The van der Waals surface area contributed by atoms with Crippen molar-refractivity contribution in [2.24, 2.45) is 0 Å².